The molecule has 1 aliphatic heterocycles. The van der Waals surface area contributed by atoms with Gasteiger partial charge in [0.25, 0.3) is 0 Å². The Hall–Kier alpha value is -2.06. The van der Waals surface area contributed by atoms with Crippen LogP contribution in [0.15, 0.2) is 42.5 Å². The van der Waals surface area contributed by atoms with Crippen molar-refractivity contribution < 1.29 is 18.1 Å². The molecule has 0 radical (unpaired) electrons. The second kappa shape index (κ2) is 7.52. The highest BCUT2D eigenvalue weighted by Crippen LogP contribution is 2.38. The largest absolute Gasteiger partial charge is 0.524 e. The first-order chi connectivity index (χ1) is 12.7. The molecule has 3 heterocycles. The molecule has 0 unspecified atom stereocenters. The number of halogens is 2. The van der Waals surface area contributed by atoms with E-state index in [9.17, 15) is 8.78 Å². The summed E-state index contributed by atoms with van der Waals surface area (Å²) in [5, 5.41) is 4.43. The second-order valence-corrected chi connectivity index (χ2v) is 7.57. The van der Waals surface area contributed by atoms with Crippen LogP contribution in [-0.4, -0.2) is 39.8 Å². The van der Waals surface area contributed by atoms with Gasteiger partial charge in [-0.3, -0.25) is 9.67 Å². The second-order valence-electron chi connectivity index (χ2n) is 7.57. The Morgan fingerprint density at radius 3 is 2.41 bits per heavy atom. The third-order valence-corrected chi connectivity index (χ3v) is 5.10. The number of allylic oxidation sites excluding steroid dienone is 1. The summed E-state index contributed by atoms with van der Waals surface area (Å²) >= 11 is 0. The third kappa shape index (κ3) is 4.11. The van der Waals surface area contributed by atoms with Gasteiger partial charge in [-0.15, -0.1) is 0 Å². The zero-order valence-electron chi connectivity index (χ0n) is 16.1. The van der Waals surface area contributed by atoms with Gasteiger partial charge in [0.15, 0.2) is 0 Å². The van der Waals surface area contributed by atoms with E-state index in [0.29, 0.717) is 12.1 Å². The molecule has 0 amide bonds. The molecule has 0 aromatic carbocycles. The van der Waals surface area contributed by atoms with Crippen LogP contribution in [0.3, 0.4) is 0 Å². The minimum atomic E-state index is -1.03. The fourth-order valence-electron chi connectivity index (χ4n) is 2.83. The van der Waals surface area contributed by atoms with Crippen LogP contribution in [0, 0.1) is 0 Å². The van der Waals surface area contributed by atoms with Crippen molar-refractivity contribution >= 4 is 7.12 Å². The molecule has 1 saturated heterocycles. The molecule has 0 atom stereocenters. The number of hydrogen-bond donors (Lipinski definition) is 0. The van der Waals surface area contributed by atoms with Crippen LogP contribution in [0.1, 0.15) is 33.3 Å². The number of pyridine rings is 1. The molecule has 0 N–H and O–H groups in total. The molecular weight excluding hydrogens is 351 g/mol. The number of hydrogen-bond acceptors (Lipinski definition) is 4. The van der Waals surface area contributed by atoms with E-state index in [1.54, 1.807) is 18.6 Å². The average molecular weight is 375 g/mol. The molecule has 0 saturated carbocycles. The number of aromatic nitrogens is 3. The van der Waals surface area contributed by atoms with E-state index >= 15 is 0 Å². The van der Waals surface area contributed by atoms with Crippen LogP contribution in [-0.2, 0) is 22.3 Å². The molecule has 0 spiro atoms. The van der Waals surface area contributed by atoms with Crippen LogP contribution >= 0.6 is 0 Å². The van der Waals surface area contributed by atoms with Crippen molar-refractivity contribution in [2.75, 3.05) is 6.67 Å². The molecule has 144 valence electrons. The van der Waals surface area contributed by atoms with Crippen LogP contribution in [0.25, 0.3) is 11.3 Å². The predicted molar refractivity (Wildman–Crippen MR) is 100 cm³/mol. The van der Waals surface area contributed by atoms with E-state index in [1.165, 1.54) is 10.8 Å². The van der Waals surface area contributed by atoms with E-state index in [1.807, 2.05) is 39.8 Å². The SMILES string of the molecule is CC1(C)OB(C(F)=CCc2cn(CCF)nc2-c2ccncc2)OC1(C)C. The molecule has 1 aliphatic rings. The Morgan fingerprint density at radius 2 is 1.81 bits per heavy atom. The topological polar surface area (TPSA) is 49.2 Å². The summed E-state index contributed by atoms with van der Waals surface area (Å²) in [4.78, 5) is 4.00. The summed E-state index contributed by atoms with van der Waals surface area (Å²) in [6.07, 6.45) is 6.79. The zero-order chi connectivity index (χ0) is 19.7. The minimum Gasteiger partial charge on any atom is -0.398 e. The monoisotopic (exact) mass is 375 g/mol. The van der Waals surface area contributed by atoms with Gasteiger partial charge in [-0.2, -0.15) is 5.10 Å². The molecule has 1 fully saturated rings. The Morgan fingerprint density at radius 1 is 1.19 bits per heavy atom. The summed E-state index contributed by atoms with van der Waals surface area (Å²) in [5.74, 6) is 0. The van der Waals surface area contributed by atoms with Crippen molar-refractivity contribution in [3.63, 3.8) is 0 Å². The lowest BCUT2D eigenvalue weighted by Crippen LogP contribution is -2.41. The van der Waals surface area contributed by atoms with Crippen LogP contribution in [0.4, 0.5) is 8.78 Å². The van der Waals surface area contributed by atoms with E-state index in [4.69, 9.17) is 9.31 Å². The maximum absolute atomic E-state index is 14.7. The number of aryl methyl sites for hydroxylation is 1. The highest BCUT2D eigenvalue weighted by Gasteiger charge is 2.52. The van der Waals surface area contributed by atoms with E-state index in [0.717, 1.165) is 11.1 Å². The first-order valence-electron chi connectivity index (χ1n) is 8.97. The summed E-state index contributed by atoms with van der Waals surface area (Å²) < 4.78 is 40.4. The molecular formula is C19H24BF2N3O2. The molecule has 0 aliphatic carbocycles. The average Bonchev–Trinajstić information content (AvgIpc) is 3.11. The molecule has 27 heavy (non-hydrogen) atoms. The molecule has 2 aromatic rings. The van der Waals surface area contributed by atoms with Crippen LogP contribution < -0.4 is 0 Å². The lowest BCUT2D eigenvalue weighted by molar-refractivity contribution is 0.00578. The van der Waals surface area contributed by atoms with Gasteiger partial charge in [-0.1, -0.05) is 6.08 Å². The summed E-state index contributed by atoms with van der Waals surface area (Å²) in [5.41, 5.74) is 0.647. The normalized spacial score (nSPS) is 18.9. The lowest BCUT2D eigenvalue weighted by atomic mass is 9.87. The van der Waals surface area contributed by atoms with E-state index in [2.05, 4.69) is 10.1 Å². The molecule has 3 rings (SSSR count). The number of alkyl halides is 1. The molecule has 8 heteroatoms. The first-order valence-corrected chi connectivity index (χ1v) is 8.97. The maximum Gasteiger partial charge on any atom is 0.524 e. The van der Waals surface area contributed by atoms with Gasteiger partial charge >= 0.3 is 7.12 Å². The van der Waals surface area contributed by atoms with E-state index in [-0.39, 0.29) is 6.54 Å². The van der Waals surface area contributed by atoms with Crippen molar-refractivity contribution in [2.45, 2.75) is 51.9 Å². The third-order valence-electron chi connectivity index (χ3n) is 5.10. The Labute approximate surface area is 158 Å². The fraction of sp³-hybridized carbons (Fsp3) is 0.474. The highest BCUT2D eigenvalue weighted by molar-refractivity contribution is 6.53. The molecule has 2 aromatic heterocycles. The Balaban J connectivity index is 1.82. The highest BCUT2D eigenvalue weighted by atomic mass is 19.1. The maximum atomic E-state index is 14.7. The van der Waals surface area contributed by atoms with Gasteiger partial charge in [0.2, 0.25) is 0 Å². The molecule has 5 nitrogen and oxygen atoms in total. The van der Waals surface area contributed by atoms with E-state index < -0.39 is 30.7 Å². The van der Waals surface area contributed by atoms with Crippen LogP contribution in [0.5, 0.6) is 0 Å². The van der Waals surface area contributed by atoms with Gasteiger partial charge in [0, 0.05) is 29.7 Å². The summed E-state index contributed by atoms with van der Waals surface area (Å²) in [6.45, 7) is 7.15. The summed E-state index contributed by atoms with van der Waals surface area (Å²) in [6, 6.07) is 3.64. The van der Waals surface area contributed by atoms with Crippen molar-refractivity contribution in [3.05, 3.63) is 48.1 Å². The smallest absolute Gasteiger partial charge is 0.398 e. The van der Waals surface area contributed by atoms with Gasteiger partial charge in [-0.25, -0.2) is 8.78 Å². The first kappa shape index (κ1) is 19.7. The predicted octanol–water partition coefficient (Wildman–Crippen LogP) is 3.94. The van der Waals surface area contributed by atoms with Crippen molar-refractivity contribution in [1.82, 2.24) is 14.8 Å². The fourth-order valence-corrected chi connectivity index (χ4v) is 2.83. The number of nitrogens with zero attached hydrogens (tertiary/aromatic N) is 3. The zero-order valence-corrected chi connectivity index (χ0v) is 16.1. The van der Waals surface area contributed by atoms with Crippen molar-refractivity contribution in [3.8, 4) is 11.3 Å². The van der Waals surface area contributed by atoms with Gasteiger partial charge in [-0.05, 0) is 46.2 Å². The number of rotatable bonds is 6. The Bertz CT molecular complexity index is 806. The van der Waals surface area contributed by atoms with Crippen molar-refractivity contribution in [1.29, 1.82) is 0 Å². The van der Waals surface area contributed by atoms with Crippen molar-refractivity contribution in [2.24, 2.45) is 0 Å². The standard InChI is InChI=1S/C19H24BF2N3O2/c1-18(2)19(3,4)27-20(26-18)16(22)6-5-15-13-25(12-9-21)24-17(15)14-7-10-23-11-8-14/h6-8,10-11,13H,5,9,12H2,1-4H3. The van der Waals surface area contributed by atoms with Gasteiger partial charge in [0.1, 0.15) is 12.4 Å². The van der Waals surface area contributed by atoms with Gasteiger partial charge in [0.05, 0.1) is 23.4 Å². The lowest BCUT2D eigenvalue weighted by Gasteiger charge is -2.32. The summed E-state index contributed by atoms with van der Waals surface area (Å²) in [7, 11) is -1.03. The molecule has 0 bridgehead atoms. The van der Waals surface area contributed by atoms with Crippen LogP contribution in [0.2, 0.25) is 0 Å². The minimum absolute atomic E-state index is 0.154. The quantitative estimate of drug-likeness (QED) is 0.718. The Kier molecular flexibility index (Phi) is 5.49. The van der Waals surface area contributed by atoms with Gasteiger partial charge < -0.3 is 9.31 Å².